The summed E-state index contributed by atoms with van der Waals surface area (Å²) in [4.78, 5) is 12.9. The highest BCUT2D eigenvalue weighted by molar-refractivity contribution is 5.77. The summed E-state index contributed by atoms with van der Waals surface area (Å²) in [6, 6.07) is 13.2. The van der Waals surface area contributed by atoms with Gasteiger partial charge in [-0.15, -0.1) is 0 Å². The van der Waals surface area contributed by atoms with Gasteiger partial charge in [-0.1, -0.05) is 0 Å². The van der Waals surface area contributed by atoms with Crippen LogP contribution in [0.4, 0.5) is 5.69 Å². The summed E-state index contributed by atoms with van der Waals surface area (Å²) in [6.07, 6.45) is 5.22. The Balaban J connectivity index is 1.52. The van der Waals surface area contributed by atoms with Gasteiger partial charge in [-0.3, -0.25) is 9.97 Å². The number of hydrogen-bond donors (Lipinski definition) is 1. The van der Waals surface area contributed by atoms with Crippen LogP contribution in [0, 0.1) is 0 Å². The van der Waals surface area contributed by atoms with Gasteiger partial charge in [-0.25, -0.2) is 4.98 Å². The monoisotopic (exact) mass is 332 g/mol. The van der Waals surface area contributed by atoms with Crippen LogP contribution in [0.1, 0.15) is 5.69 Å². The molecule has 1 N–H and O–H groups in total. The van der Waals surface area contributed by atoms with E-state index in [1.807, 2.05) is 49.5 Å². The van der Waals surface area contributed by atoms with E-state index in [2.05, 4.69) is 20.3 Å². The third kappa shape index (κ3) is 3.28. The zero-order valence-electron chi connectivity index (χ0n) is 13.6. The second kappa shape index (κ2) is 6.60. The molecule has 0 radical (unpaired) electrons. The van der Waals surface area contributed by atoms with Crippen molar-refractivity contribution in [2.24, 2.45) is 0 Å². The lowest BCUT2D eigenvalue weighted by molar-refractivity contribution is 0.301. The molecule has 0 atom stereocenters. The molecule has 0 bridgehead atoms. The van der Waals surface area contributed by atoms with Gasteiger partial charge in [0.15, 0.2) is 5.58 Å². The van der Waals surface area contributed by atoms with E-state index in [-0.39, 0.29) is 0 Å². The molecule has 25 heavy (non-hydrogen) atoms. The molecule has 0 aliphatic carbocycles. The minimum Gasteiger partial charge on any atom is -0.487 e. The van der Waals surface area contributed by atoms with Gasteiger partial charge in [0.1, 0.15) is 17.9 Å². The first kappa shape index (κ1) is 15.1. The molecular formula is C19H16N4O2. The van der Waals surface area contributed by atoms with E-state index in [4.69, 9.17) is 9.15 Å². The summed E-state index contributed by atoms with van der Waals surface area (Å²) in [5.41, 5.74) is 4.12. The first-order valence-corrected chi connectivity index (χ1v) is 7.88. The van der Waals surface area contributed by atoms with Gasteiger partial charge in [-0.2, -0.15) is 0 Å². The van der Waals surface area contributed by atoms with Gasteiger partial charge >= 0.3 is 0 Å². The molecule has 6 nitrogen and oxygen atoms in total. The van der Waals surface area contributed by atoms with Crippen LogP contribution in [0.25, 0.3) is 22.6 Å². The average Bonchev–Trinajstić information content (AvgIpc) is 3.11. The van der Waals surface area contributed by atoms with Gasteiger partial charge in [-0.05, 0) is 36.4 Å². The number of nitrogens with one attached hydrogen (secondary N) is 1. The molecule has 3 heterocycles. The number of fused-ring (bicyclic) bond motifs is 1. The number of benzene rings is 1. The Morgan fingerprint density at radius 3 is 2.84 bits per heavy atom. The highest BCUT2D eigenvalue weighted by atomic mass is 16.5. The fraction of sp³-hybridized carbons (Fsp3) is 0.105. The maximum atomic E-state index is 5.81. The lowest BCUT2D eigenvalue weighted by Gasteiger charge is -2.06. The predicted octanol–water partition coefficient (Wildman–Crippen LogP) is 3.91. The van der Waals surface area contributed by atoms with Gasteiger partial charge in [0.25, 0.3) is 0 Å². The fourth-order valence-electron chi connectivity index (χ4n) is 2.42. The minimum absolute atomic E-state index is 0.392. The van der Waals surface area contributed by atoms with E-state index in [0.29, 0.717) is 18.1 Å². The Hall–Kier alpha value is -3.41. The van der Waals surface area contributed by atoms with E-state index in [9.17, 15) is 0 Å². The number of aromatic nitrogens is 3. The van der Waals surface area contributed by atoms with Crippen molar-refractivity contribution in [1.29, 1.82) is 0 Å². The quantitative estimate of drug-likeness (QED) is 0.597. The molecule has 1 aromatic carbocycles. The minimum atomic E-state index is 0.392. The van der Waals surface area contributed by atoms with Crippen LogP contribution < -0.4 is 10.1 Å². The van der Waals surface area contributed by atoms with Gasteiger partial charge in [0.05, 0.1) is 23.1 Å². The van der Waals surface area contributed by atoms with E-state index >= 15 is 0 Å². The molecule has 0 saturated heterocycles. The number of oxazole rings is 1. The Morgan fingerprint density at radius 1 is 1.12 bits per heavy atom. The van der Waals surface area contributed by atoms with Crippen LogP contribution in [0.5, 0.6) is 5.75 Å². The maximum absolute atomic E-state index is 5.81. The number of pyridine rings is 2. The fourth-order valence-corrected chi connectivity index (χ4v) is 2.42. The smallest absolute Gasteiger partial charge is 0.228 e. The maximum Gasteiger partial charge on any atom is 0.228 e. The summed E-state index contributed by atoms with van der Waals surface area (Å²) in [7, 11) is 1.86. The lowest BCUT2D eigenvalue weighted by atomic mass is 10.3. The van der Waals surface area contributed by atoms with E-state index in [1.54, 1.807) is 18.6 Å². The molecule has 6 heteroatoms. The predicted molar refractivity (Wildman–Crippen MR) is 95.4 cm³/mol. The normalized spacial score (nSPS) is 10.8. The molecule has 3 aromatic heterocycles. The molecule has 0 unspecified atom stereocenters. The average molecular weight is 332 g/mol. The topological polar surface area (TPSA) is 73.1 Å². The third-order valence-corrected chi connectivity index (χ3v) is 3.77. The van der Waals surface area contributed by atoms with Gasteiger partial charge in [0.2, 0.25) is 5.89 Å². The van der Waals surface area contributed by atoms with Crippen LogP contribution in [-0.4, -0.2) is 22.0 Å². The lowest BCUT2D eigenvalue weighted by Crippen LogP contribution is -1.99. The van der Waals surface area contributed by atoms with E-state index < -0.39 is 0 Å². The Labute approximate surface area is 144 Å². The van der Waals surface area contributed by atoms with Crippen LogP contribution in [0.3, 0.4) is 0 Å². The van der Waals surface area contributed by atoms with Crippen molar-refractivity contribution in [3.05, 3.63) is 66.7 Å². The van der Waals surface area contributed by atoms with Crippen molar-refractivity contribution < 1.29 is 9.15 Å². The number of nitrogens with zero attached hydrogens (tertiary/aromatic N) is 3. The molecule has 4 rings (SSSR count). The molecule has 124 valence electrons. The largest absolute Gasteiger partial charge is 0.487 e. The second-order valence-corrected chi connectivity index (χ2v) is 5.47. The first-order valence-electron chi connectivity index (χ1n) is 7.88. The molecule has 0 spiro atoms. The highest BCUT2D eigenvalue weighted by Crippen LogP contribution is 2.26. The summed E-state index contributed by atoms with van der Waals surface area (Å²) >= 11 is 0. The zero-order chi connectivity index (χ0) is 17.1. The molecule has 0 aliphatic heterocycles. The van der Waals surface area contributed by atoms with Crippen molar-refractivity contribution in [2.75, 3.05) is 12.4 Å². The SMILES string of the molecule is CNc1ccc(COc2ccc3oc(-c4cccnc4)nc3c2)nc1. The zero-order valence-corrected chi connectivity index (χ0v) is 13.6. The van der Waals surface area contributed by atoms with Crippen molar-refractivity contribution in [3.8, 4) is 17.2 Å². The van der Waals surface area contributed by atoms with Crippen LogP contribution in [-0.2, 0) is 6.61 Å². The molecule has 0 fully saturated rings. The van der Waals surface area contributed by atoms with Crippen LogP contribution in [0.15, 0.2) is 65.5 Å². The van der Waals surface area contributed by atoms with Crippen LogP contribution >= 0.6 is 0 Å². The number of rotatable bonds is 5. The van der Waals surface area contributed by atoms with Crippen molar-refractivity contribution in [3.63, 3.8) is 0 Å². The van der Waals surface area contributed by atoms with Gasteiger partial charge in [0, 0.05) is 25.5 Å². The van der Waals surface area contributed by atoms with Crippen molar-refractivity contribution in [1.82, 2.24) is 15.0 Å². The first-order chi connectivity index (χ1) is 12.3. The van der Waals surface area contributed by atoms with E-state index in [1.165, 1.54) is 0 Å². The summed E-state index contributed by atoms with van der Waals surface area (Å²) < 4.78 is 11.6. The molecule has 0 saturated carbocycles. The Kier molecular flexibility index (Phi) is 4.00. The molecule has 4 aromatic rings. The second-order valence-electron chi connectivity index (χ2n) is 5.47. The van der Waals surface area contributed by atoms with Crippen molar-refractivity contribution >= 4 is 16.8 Å². The number of anilines is 1. The summed E-state index contributed by atoms with van der Waals surface area (Å²) in [6.45, 7) is 0.392. The number of hydrogen-bond acceptors (Lipinski definition) is 6. The Bertz CT molecular complexity index is 981. The molecule has 0 aliphatic rings. The summed E-state index contributed by atoms with van der Waals surface area (Å²) in [5, 5.41) is 3.04. The van der Waals surface area contributed by atoms with E-state index in [0.717, 1.165) is 28.2 Å². The summed E-state index contributed by atoms with van der Waals surface area (Å²) in [5.74, 6) is 1.27. The number of ether oxygens (including phenoxy) is 1. The van der Waals surface area contributed by atoms with Gasteiger partial charge < -0.3 is 14.5 Å². The Morgan fingerprint density at radius 2 is 2.08 bits per heavy atom. The standard InChI is InChI=1S/C19H16N4O2/c1-20-14-4-5-15(22-11-14)12-24-16-6-7-18-17(9-16)23-19(25-18)13-3-2-8-21-10-13/h2-11,20H,12H2,1H3. The third-order valence-electron chi connectivity index (χ3n) is 3.77. The van der Waals surface area contributed by atoms with Crippen molar-refractivity contribution in [2.45, 2.75) is 6.61 Å². The molecular weight excluding hydrogens is 316 g/mol. The molecule has 0 amide bonds. The highest BCUT2D eigenvalue weighted by Gasteiger charge is 2.09. The van der Waals surface area contributed by atoms with Crippen LogP contribution in [0.2, 0.25) is 0 Å².